The van der Waals surface area contributed by atoms with Crippen molar-refractivity contribution in [3.05, 3.63) is 33.8 Å². The Balaban J connectivity index is 2.47. The first-order valence-corrected chi connectivity index (χ1v) is 5.46. The van der Waals surface area contributed by atoms with Crippen LogP contribution >= 0.6 is 0 Å². The number of rotatable bonds is 2. The zero-order valence-electron chi connectivity index (χ0n) is 10.3. The normalized spacial score (nSPS) is 23.5. The fourth-order valence-corrected chi connectivity index (χ4v) is 2.06. The molecule has 1 aliphatic heterocycles. The average Bonchev–Trinajstić information content (AvgIpc) is 2.69. The van der Waals surface area contributed by atoms with Crippen LogP contribution in [0.4, 0.5) is 5.69 Å². The largest absolute Gasteiger partial charge is 0.490 e. The van der Waals surface area contributed by atoms with Crippen molar-refractivity contribution < 1.29 is 14.5 Å². The number of aromatic nitrogens is 2. The minimum absolute atomic E-state index is 0.0678. The van der Waals surface area contributed by atoms with Gasteiger partial charge in [-0.05, 0) is 6.92 Å². The summed E-state index contributed by atoms with van der Waals surface area (Å²) in [6, 6.07) is 0. The van der Waals surface area contributed by atoms with Gasteiger partial charge < -0.3 is 4.74 Å². The number of nitro groups is 1. The third-order valence-corrected chi connectivity index (χ3v) is 3.08. The molecule has 96 valence electrons. The van der Waals surface area contributed by atoms with E-state index >= 15 is 0 Å². The second-order valence-electron chi connectivity index (χ2n) is 4.31. The number of ketones is 1. The molecule has 0 saturated heterocycles. The minimum Gasteiger partial charge on any atom is -0.490 e. The Hall–Kier alpha value is -2.18. The van der Waals surface area contributed by atoms with Crippen molar-refractivity contribution in [1.82, 2.24) is 9.78 Å². The molecule has 2 unspecified atom stereocenters. The van der Waals surface area contributed by atoms with E-state index in [9.17, 15) is 14.9 Å². The zero-order valence-corrected chi connectivity index (χ0v) is 10.3. The molecule has 1 aliphatic rings. The topological polar surface area (TPSA) is 87.3 Å². The molecule has 7 heteroatoms. The van der Waals surface area contributed by atoms with Gasteiger partial charge in [-0.3, -0.25) is 19.6 Å². The summed E-state index contributed by atoms with van der Waals surface area (Å²) >= 11 is 0. The summed E-state index contributed by atoms with van der Waals surface area (Å²) in [5.41, 5.74) is 0.697. The molecule has 7 nitrogen and oxygen atoms in total. The number of carbonyl (C=O) groups is 1. The number of nitrogens with zero attached hydrogens (tertiary/aromatic N) is 3. The Morgan fingerprint density at radius 3 is 2.83 bits per heavy atom. The predicted octanol–water partition coefficient (Wildman–Crippen LogP) is 1.51. The molecule has 2 rings (SSSR count). The van der Waals surface area contributed by atoms with Crippen molar-refractivity contribution in [1.29, 1.82) is 0 Å². The van der Waals surface area contributed by atoms with Gasteiger partial charge in [-0.25, -0.2) is 0 Å². The quantitative estimate of drug-likeness (QED) is 0.587. The molecule has 0 saturated carbocycles. The van der Waals surface area contributed by atoms with E-state index in [0.717, 1.165) is 0 Å². The van der Waals surface area contributed by atoms with Gasteiger partial charge in [0.25, 0.3) is 0 Å². The van der Waals surface area contributed by atoms with E-state index in [1.807, 2.05) is 0 Å². The highest BCUT2D eigenvalue weighted by Gasteiger charge is 2.37. The highest BCUT2D eigenvalue weighted by Crippen LogP contribution is 2.36. The smallest absolute Gasteiger partial charge is 0.314 e. The zero-order chi connectivity index (χ0) is 13.4. The summed E-state index contributed by atoms with van der Waals surface area (Å²) in [6.07, 6.45) is 1.85. The highest BCUT2D eigenvalue weighted by molar-refractivity contribution is 5.97. The molecule has 18 heavy (non-hydrogen) atoms. The van der Waals surface area contributed by atoms with Crippen LogP contribution in [0.2, 0.25) is 0 Å². The van der Waals surface area contributed by atoms with Crippen molar-refractivity contribution >= 4 is 11.5 Å². The molecule has 2 atom stereocenters. The fourth-order valence-electron chi connectivity index (χ4n) is 2.06. The van der Waals surface area contributed by atoms with Crippen LogP contribution in [0, 0.1) is 16.0 Å². The molecule has 0 aliphatic carbocycles. The van der Waals surface area contributed by atoms with Crippen LogP contribution in [-0.2, 0) is 16.6 Å². The van der Waals surface area contributed by atoms with Gasteiger partial charge in [-0.2, -0.15) is 5.10 Å². The second-order valence-corrected chi connectivity index (χ2v) is 4.31. The number of Topliss-reactive ketones (excluding diaryl/α,β-unsaturated/α-hetero) is 1. The molecule has 0 N–H and O–H groups in total. The molecular formula is C11H13N3O4. The summed E-state index contributed by atoms with van der Waals surface area (Å²) in [7, 11) is 1.59. The van der Waals surface area contributed by atoms with Crippen LogP contribution in [0.1, 0.15) is 25.6 Å². The maximum absolute atomic E-state index is 11.9. The van der Waals surface area contributed by atoms with Gasteiger partial charge in [0.15, 0.2) is 17.6 Å². The Morgan fingerprint density at radius 2 is 2.22 bits per heavy atom. The van der Waals surface area contributed by atoms with E-state index in [1.54, 1.807) is 20.9 Å². The van der Waals surface area contributed by atoms with E-state index in [2.05, 4.69) is 5.10 Å². The number of hydrogen-bond acceptors (Lipinski definition) is 5. The van der Waals surface area contributed by atoms with Crippen LogP contribution < -0.4 is 0 Å². The molecule has 0 spiro atoms. The van der Waals surface area contributed by atoms with Gasteiger partial charge in [0.2, 0.25) is 0 Å². The van der Waals surface area contributed by atoms with Gasteiger partial charge >= 0.3 is 5.69 Å². The summed E-state index contributed by atoms with van der Waals surface area (Å²) in [5, 5.41) is 14.8. The summed E-state index contributed by atoms with van der Waals surface area (Å²) in [6.45, 7) is 3.35. The van der Waals surface area contributed by atoms with Crippen molar-refractivity contribution in [2.24, 2.45) is 13.0 Å². The first-order valence-electron chi connectivity index (χ1n) is 5.46. The molecule has 1 aromatic heterocycles. The molecule has 0 amide bonds. The minimum atomic E-state index is -0.672. The molecule has 2 heterocycles. The van der Waals surface area contributed by atoms with Gasteiger partial charge in [-0.15, -0.1) is 0 Å². The summed E-state index contributed by atoms with van der Waals surface area (Å²) in [4.78, 5) is 22.3. The van der Waals surface area contributed by atoms with E-state index in [1.165, 1.54) is 17.1 Å². The van der Waals surface area contributed by atoms with Crippen molar-refractivity contribution in [3.63, 3.8) is 0 Å². The lowest BCUT2D eigenvalue weighted by molar-refractivity contribution is -0.386. The van der Waals surface area contributed by atoms with Crippen LogP contribution in [0.5, 0.6) is 0 Å². The van der Waals surface area contributed by atoms with Crippen LogP contribution in [-0.4, -0.2) is 20.5 Å². The number of allylic oxidation sites excluding steroid dienone is 1. The molecular weight excluding hydrogens is 238 g/mol. The number of aryl methyl sites for hydroxylation is 1. The number of hydrogen-bond donors (Lipinski definition) is 0. The average molecular weight is 251 g/mol. The first-order chi connectivity index (χ1) is 8.43. The lowest BCUT2D eigenvalue weighted by atomic mass is 9.91. The third kappa shape index (κ3) is 1.77. The lowest BCUT2D eigenvalue weighted by Gasteiger charge is -2.26. The predicted molar refractivity (Wildman–Crippen MR) is 61.6 cm³/mol. The third-order valence-electron chi connectivity index (χ3n) is 3.08. The Labute approximate surface area is 103 Å². The van der Waals surface area contributed by atoms with Crippen LogP contribution in [0.15, 0.2) is 18.0 Å². The Morgan fingerprint density at radius 1 is 1.56 bits per heavy atom. The van der Waals surface area contributed by atoms with Crippen LogP contribution in [0.25, 0.3) is 0 Å². The second kappa shape index (κ2) is 4.25. The maximum atomic E-state index is 11.9. The molecule has 0 radical (unpaired) electrons. The lowest BCUT2D eigenvalue weighted by Crippen LogP contribution is -2.27. The monoisotopic (exact) mass is 251 g/mol. The highest BCUT2D eigenvalue weighted by atomic mass is 16.6. The fraction of sp³-hybridized carbons (Fsp3) is 0.455. The van der Waals surface area contributed by atoms with E-state index in [0.29, 0.717) is 11.3 Å². The van der Waals surface area contributed by atoms with Crippen LogP contribution in [0.3, 0.4) is 0 Å². The van der Waals surface area contributed by atoms with Gasteiger partial charge in [0.1, 0.15) is 6.20 Å². The Bertz CT molecular complexity index is 546. The van der Waals surface area contributed by atoms with Crippen molar-refractivity contribution in [2.45, 2.75) is 20.0 Å². The molecule has 0 fully saturated rings. The van der Waals surface area contributed by atoms with E-state index in [4.69, 9.17) is 4.74 Å². The van der Waals surface area contributed by atoms with Gasteiger partial charge in [-0.1, -0.05) is 6.92 Å². The molecule has 1 aromatic rings. The van der Waals surface area contributed by atoms with Gasteiger partial charge in [0, 0.05) is 12.6 Å². The van der Waals surface area contributed by atoms with Gasteiger partial charge in [0.05, 0.1) is 17.1 Å². The standard InChI is InChI=1S/C11H13N3O4/c1-6-5-18-11(7(2)10(6)15)9-8(14(16)17)4-12-13(9)3/h4-5,7,11H,1-3H3. The first kappa shape index (κ1) is 12.3. The maximum Gasteiger partial charge on any atom is 0.314 e. The van der Waals surface area contributed by atoms with E-state index < -0.39 is 16.9 Å². The van der Waals surface area contributed by atoms with Crippen molar-refractivity contribution in [2.75, 3.05) is 0 Å². The summed E-state index contributed by atoms with van der Waals surface area (Å²) < 4.78 is 6.82. The number of ether oxygens (including phenoxy) is 1. The number of carbonyl (C=O) groups excluding carboxylic acids is 1. The SMILES string of the molecule is CC1=COC(c2c([N+](=O)[O-])cnn2C)C(C)C1=O. The summed E-state index contributed by atoms with van der Waals surface area (Å²) in [5.74, 6) is -0.536. The molecule has 0 aromatic carbocycles. The molecule has 0 bridgehead atoms. The van der Waals surface area contributed by atoms with Crippen molar-refractivity contribution in [3.8, 4) is 0 Å². The van der Waals surface area contributed by atoms with E-state index in [-0.39, 0.29) is 11.5 Å². The Kier molecular flexibility index (Phi) is 2.90.